The van der Waals surface area contributed by atoms with Gasteiger partial charge >= 0.3 is 0 Å². The second-order valence-electron chi connectivity index (χ2n) is 4.67. The Morgan fingerprint density at radius 3 is 2.79 bits per heavy atom. The number of H-pyrrole nitrogens is 1. The molecule has 0 radical (unpaired) electrons. The smallest absolute Gasteiger partial charge is 0.217 e. The molecule has 3 rings (SSSR count). The van der Waals surface area contributed by atoms with E-state index in [1.54, 1.807) is 6.20 Å². The molecule has 3 aromatic heterocycles. The molecule has 6 heteroatoms. The number of oxazole rings is 1. The number of aromatic nitrogens is 4. The summed E-state index contributed by atoms with van der Waals surface area (Å²) in [4.78, 5) is 11.9. The molecule has 0 fully saturated rings. The van der Waals surface area contributed by atoms with E-state index in [2.05, 4.69) is 15.0 Å². The van der Waals surface area contributed by atoms with Crippen LogP contribution in [0, 0.1) is 18.6 Å². The summed E-state index contributed by atoms with van der Waals surface area (Å²) in [7, 11) is 0. The van der Waals surface area contributed by atoms with Crippen LogP contribution >= 0.6 is 12.2 Å². The molecule has 0 aliphatic carbocycles. The van der Waals surface area contributed by atoms with Gasteiger partial charge in [0.05, 0.1) is 11.7 Å². The summed E-state index contributed by atoms with van der Waals surface area (Å²) in [5.41, 5.74) is 2.84. The lowest BCUT2D eigenvalue weighted by Crippen LogP contribution is -2.07. The summed E-state index contributed by atoms with van der Waals surface area (Å²) in [5, 5.41) is 0. The van der Waals surface area contributed by atoms with Crippen molar-refractivity contribution in [2.24, 2.45) is 0 Å². The number of rotatable bonds is 2. The van der Waals surface area contributed by atoms with Crippen molar-refractivity contribution in [3.8, 4) is 0 Å². The molecule has 3 heterocycles. The molecule has 1 N–H and O–H groups in total. The fourth-order valence-corrected chi connectivity index (χ4v) is 2.51. The normalized spacial score (nSPS) is 13.0. The molecule has 0 aliphatic heterocycles. The molecule has 1 unspecified atom stereocenters. The number of nitrogens with one attached hydrogen (secondary N) is 1. The minimum atomic E-state index is -0.0924. The second kappa shape index (κ2) is 4.31. The van der Waals surface area contributed by atoms with Crippen molar-refractivity contribution in [3.63, 3.8) is 0 Å². The van der Waals surface area contributed by atoms with Gasteiger partial charge in [0.25, 0.3) is 0 Å². The Morgan fingerprint density at radius 1 is 1.32 bits per heavy atom. The first-order chi connectivity index (χ1) is 9.06. The van der Waals surface area contributed by atoms with Gasteiger partial charge in [-0.2, -0.15) is 0 Å². The number of nitrogens with zero attached hydrogens (tertiary/aromatic N) is 3. The molecule has 0 aliphatic rings. The highest BCUT2D eigenvalue weighted by molar-refractivity contribution is 7.71. The van der Waals surface area contributed by atoms with Crippen LogP contribution in [-0.2, 0) is 0 Å². The third-order valence-electron chi connectivity index (χ3n) is 3.08. The number of aryl methyl sites for hydroxylation is 2. The van der Waals surface area contributed by atoms with E-state index in [0.717, 1.165) is 22.5 Å². The van der Waals surface area contributed by atoms with Crippen molar-refractivity contribution in [1.29, 1.82) is 0 Å². The monoisotopic (exact) mass is 274 g/mol. The first-order valence-corrected chi connectivity index (χ1v) is 6.46. The summed E-state index contributed by atoms with van der Waals surface area (Å²) < 4.78 is 8.12. The largest absolute Gasteiger partial charge is 0.444 e. The van der Waals surface area contributed by atoms with Crippen molar-refractivity contribution in [1.82, 2.24) is 19.5 Å². The molecule has 1 atom stereocenters. The average molecular weight is 274 g/mol. The van der Waals surface area contributed by atoms with Gasteiger partial charge in [-0.1, -0.05) is 0 Å². The Balaban J connectivity index is 2.19. The number of fused-ring (bicyclic) bond motifs is 1. The summed E-state index contributed by atoms with van der Waals surface area (Å²) >= 11 is 5.38. The lowest BCUT2D eigenvalue weighted by atomic mass is 10.3. The molecular weight excluding hydrogens is 260 g/mol. The van der Waals surface area contributed by atoms with E-state index in [0.29, 0.717) is 10.7 Å². The Kier molecular flexibility index (Phi) is 2.74. The van der Waals surface area contributed by atoms with Crippen molar-refractivity contribution in [2.45, 2.75) is 26.8 Å². The molecule has 0 spiro atoms. The second-order valence-corrected chi connectivity index (χ2v) is 5.06. The van der Waals surface area contributed by atoms with Gasteiger partial charge in [0.1, 0.15) is 11.8 Å². The zero-order chi connectivity index (χ0) is 13.6. The number of hydrogen-bond donors (Lipinski definition) is 1. The van der Waals surface area contributed by atoms with Gasteiger partial charge in [0, 0.05) is 6.20 Å². The molecule has 0 bridgehead atoms. The van der Waals surface area contributed by atoms with E-state index >= 15 is 0 Å². The quantitative estimate of drug-likeness (QED) is 0.728. The molecule has 0 saturated carbocycles. The van der Waals surface area contributed by atoms with E-state index in [1.807, 2.05) is 37.6 Å². The van der Waals surface area contributed by atoms with Crippen LogP contribution < -0.4 is 0 Å². The van der Waals surface area contributed by atoms with Gasteiger partial charge in [-0.3, -0.25) is 4.57 Å². The van der Waals surface area contributed by atoms with Crippen LogP contribution in [0.25, 0.3) is 11.2 Å². The highest BCUT2D eigenvalue weighted by atomic mass is 32.1. The van der Waals surface area contributed by atoms with Crippen LogP contribution in [0.5, 0.6) is 0 Å². The fraction of sp³-hybridized carbons (Fsp3) is 0.308. The Hall–Kier alpha value is -1.95. The van der Waals surface area contributed by atoms with Crippen LogP contribution in [0.1, 0.15) is 30.2 Å². The van der Waals surface area contributed by atoms with E-state index < -0.39 is 0 Å². The third-order valence-corrected chi connectivity index (χ3v) is 3.37. The van der Waals surface area contributed by atoms with Crippen molar-refractivity contribution in [2.75, 3.05) is 0 Å². The highest BCUT2D eigenvalue weighted by Gasteiger charge is 2.18. The van der Waals surface area contributed by atoms with Gasteiger partial charge in [-0.05, 0) is 44.6 Å². The van der Waals surface area contributed by atoms with Crippen LogP contribution in [0.3, 0.4) is 0 Å². The number of aromatic amines is 1. The topological polar surface area (TPSA) is 59.6 Å². The predicted molar refractivity (Wildman–Crippen MR) is 74.7 cm³/mol. The zero-order valence-electron chi connectivity index (χ0n) is 11.0. The summed E-state index contributed by atoms with van der Waals surface area (Å²) in [5.74, 6) is 1.42. The van der Waals surface area contributed by atoms with E-state index in [4.69, 9.17) is 16.6 Å². The van der Waals surface area contributed by atoms with Gasteiger partial charge in [0.2, 0.25) is 5.89 Å². The Labute approximate surface area is 115 Å². The highest BCUT2D eigenvalue weighted by Crippen LogP contribution is 2.23. The molecule has 0 amide bonds. The van der Waals surface area contributed by atoms with Crippen molar-refractivity contribution in [3.05, 3.63) is 40.4 Å². The molecular formula is C13H14N4OS. The van der Waals surface area contributed by atoms with Crippen LogP contribution in [-0.4, -0.2) is 19.5 Å². The van der Waals surface area contributed by atoms with Crippen LogP contribution in [0.15, 0.2) is 22.9 Å². The molecule has 3 aromatic rings. The van der Waals surface area contributed by atoms with E-state index in [-0.39, 0.29) is 6.04 Å². The molecule has 0 saturated heterocycles. The Morgan fingerprint density at radius 2 is 2.11 bits per heavy atom. The average Bonchev–Trinajstić information content (AvgIpc) is 2.91. The predicted octanol–water partition coefficient (Wildman–Crippen LogP) is 3.31. The SMILES string of the molecule is Cc1cnc2c(c1)[nH]c(=S)n2C(C)c1ncc(C)o1. The molecule has 19 heavy (non-hydrogen) atoms. The van der Waals surface area contributed by atoms with Gasteiger partial charge in [-0.15, -0.1) is 0 Å². The number of pyridine rings is 1. The van der Waals surface area contributed by atoms with Gasteiger partial charge in [-0.25, -0.2) is 9.97 Å². The van der Waals surface area contributed by atoms with Crippen LogP contribution in [0.4, 0.5) is 0 Å². The molecule has 0 aromatic carbocycles. The van der Waals surface area contributed by atoms with Crippen molar-refractivity contribution < 1.29 is 4.42 Å². The number of imidazole rings is 1. The maximum Gasteiger partial charge on any atom is 0.217 e. The minimum absolute atomic E-state index is 0.0924. The first kappa shape index (κ1) is 12.1. The summed E-state index contributed by atoms with van der Waals surface area (Å²) in [6.07, 6.45) is 3.54. The van der Waals surface area contributed by atoms with Crippen molar-refractivity contribution >= 4 is 23.4 Å². The third kappa shape index (κ3) is 1.98. The Bertz CT molecular complexity index is 798. The fourth-order valence-electron chi connectivity index (χ4n) is 2.15. The molecule has 5 nitrogen and oxygen atoms in total. The standard InChI is InChI=1S/C13H14N4OS/c1-7-4-10-11(14-5-7)17(13(19)16-10)9(3)12-15-6-8(2)18-12/h4-6,9H,1-3H3,(H,16,19). The van der Waals surface area contributed by atoms with E-state index in [1.165, 1.54) is 0 Å². The minimum Gasteiger partial charge on any atom is -0.444 e. The maximum absolute atomic E-state index is 5.58. The van der Waals surface area contributed by atoms with Gasteiger partial charge in [0.15, 0.2) is 10.4 Å². The van der Waals surface area contributed by atoms with Crippen LogP contribution in [0.2, 0.25) is 0 Å². The lowest BCUT2D eigenvalue weighted by molar-refractivity contribution is 0.417. The first-order valence-electron chi connectivity index (χ1n) is 6.05. The van der Waals surface area contributed by atoms with E-state index in [9.17, 15) is 0 Å². The van der Waals surface area contributed by atoms with Gasteiger partial charge < -0.3 is 9.40 Å². The lowest BCUT2D eigenvalue weighted by Gasteiger charge is -2.10. The number of hydrogen-bond acceptors (Lipinski definition) is 4. The molecule has 98 valence electrons. The zero-order valence-corrected chi connectivity index (χ0v) is 11.8. The summed E-state index contributed by atoms with van der Waals surface area (Å²) in [6, 6.07) is 1.94. The summed E-state index contributed by atoms with van der Waals surface area (Å²) in [6.45, 7) is 5.87. The maximum atomic E-state index is 5.58.